The van der Waals surface area contributed by atoms with E-state index in [0.29, 0.717) is 13.0 Å². The van der Waals surface area contributed by atoms with Crippen molar-refractivity contribution in [2.24, 2.45) is 0 Å². The van der Waals surface area contributed by atoms with Gasteiger partial charge in [0.05, 0.1) is 7.11 Å². The monoisotopic (exact) mass is 277 g/mol. The Hall–Kier alpha value is -1.81. The maximum Gasteiger partial charge on any atom is 0.320 e. The number of carbonyl (C=O) groups is 1. The molecule has 1 aromatic rings. The summed E-state index contributed by atoms with van der Waals surface area (Å²) in [5, 5.41) is 12.1. The van der Waals surface area contributed by atoms with Crippen LogP contribution in [0.1, 0.15) is 31.7 Å². The second-order valence-corrected chi connectivity index (χ2v) is 4.59. The van der Waals surface area contributed by atoms with Crippen molar-refractivity contribution in [3.63, 3.8) is 0 Å². The number of carboxylic acids is 1. The first-order chi connectivity index (χ1) is 9.69. The summed E-state index contributed by atoms with van der Waals surface area (Å²) < 4.78 is 5.25. The Balaban J connectivity index is 2.49. The van der Waals surface area contributed by atoms with Crippen LogP contribution in [0.2, 0.25) is 0 Å². The second-order valence-electron chi connectivity index (χ2n) is 4.59. The molecule has 0 radical (unpaired) electrons. The van der Waals surface area contributed by atoms with Crippen molar-refractivity contribution in [3.8, 4) is 5.75 Å². The van der Waals surface area contributed by atoms with Gasteiger partial charge in [-0.2, -0.15) is 0 Å². The zero-order chi connectivity index (χ0) is 14.8. The number of nitrogens with one attached hydrogen (secondary N) is 1. The average molecular weight is 277 g/mol. The molecule has 1 rings (SSSR count). The zero-order valence-corrected chi connectivity index (χ0v) is 12.1. The van der Waals surface area contributed by atoms with Crippen molar-refractivity contribution in [2.45, 2.75) is 32.2 Å². The minimum absolute atomic E-state index is 0.475. The van der Waals surface area contributed by atoms with Gasteiger partial charge in [-0.1, -0.05) is 50.1 Å². The van der Waals surface area contributed by atoms with Crippen molar-refractivity contribution in [2.75, 3.05) is 13.7 Å². The number of unbranched alkanes of at least 4 members (excludes halogenated alkanes) is 1. The van der Waals surface area contributed by atoms with Gasteiger partial charge in [-0.25, -0.2) is 0 Å². The number of aliphatic carboxylic acids is 1. The molecule has 0 aliphatic carbocycles. The molecule has 1 atom stereocenters. The zero-order valence-electron chi connectivity index (χ0n) is 12.1. The van der Waals surface area contributed by atoms with Gasteiger partial charge in [-0.3, -0.25) is 4.79 Å². The van der Waals surface area contributed by atoms with Gasteiger partial charge in [-0.05, 0) is 12.5 Å². The summed E-state index contributed by atoms with van der Waals surface area (Å²) in [7, 11) is 1.64. The largest absolute Gasteiger partial charge is 0.496 e. The van der Waals surface area contributed by atoms with Gasteiger partial charge in [0.1, 0.15) is 11.8 Å². The van der Waals surface area contributed by atoms with Crippen LogP contribution in [0, 0.1) is 0 Å². The maximum absolute atomic E-state index is 11.1. The van der Waals surface area contributed by atoms with Crippen LogP contribution in [0.5, 0.6) is 5.75 Å². The average Bonchev–Trinajstić information content (AvgIpc) is 2.46. The van der Waals surface area contributed by atoms with Crippen LogP contribution in [0.15, 0.2) is 30.3 Å². The second kappa shape index (κ2) is 9.15. The number of para-hydroxylation sites is 1. The minimum Gasteiger partial charge on any atom is -0.496 e. The van der Waals surface area contributed by atoms with E-state index < -0.39 is 12.0 Å². The molecule has 0 aliphatic rings. The number of benzene rings is 1. The summed E-state index contributed by atoms with van der Waals surface area (Å²) >= 11 is 0. The SMILES string of the molecule is CCCCC(NC/C=C/c1ccccc1OC)C(=O)O. The molecule has 4 nitrogen and oxygen atoms in total. The number of hydrogen-bond donors (Lipinski definition) is 2. The van der Waals surface area contributed by atoms with Crippen LogP contribution in [0.25, 0.3) is 6.08 Å². The molecule has 0 heterocycles. The highest BCUT2D eigenvalue weighted by atomic mass is 16.5. The van der Waals surface area contributed by atoms with Crippen molar-refractivity contribution < 1.29 is 14.6 Å². The summed E-state index contributed by atoms with van der Waals surface area (Å²) in [6.07, 6.45) is 6.43. The van der Waals surface area contributed by atoms with Gasteiger partial charge in [0.2, 0.25) is 0 Å². The number of rotatable bonds is 9. The molecule has 0 fully saturated rings. The maximum atomic E-state index is 11.1. The van der Waals surface area contributed by atoms with Gasteiger partial charge in [-0.15, -0.1) is 0 Å². The highest BCUT2D eigenvalue weighted by Gasteiger charge is 2.14. The third-order valence-electron chi connectivity index (χ3n) is 3.06. The smallest absolute Gasteiger partial charge is 0.320 e. The molecule has 0 saturated carbocycles. The lowest BCUT2D eigenvalue weighted by Gasteiger charge is -2.12. The fourth-order valence-corrected chi connectivity index (χ4v) is 1.92. The fraction of sp³-hybridized carbons (Fsp3) is 0.438. The molecular weight excluding hydrogens is 254 g/mol. The summed E-state index contributed by atoms with van der Waals surface area (Å²) in [5.74, 6) is 0.0219. The first-order valence-electron chi connectivity index (χ1n) is 6.94. The lowest BCUT2D eigenvalue weighted by molar-refractivity contribution is -0.139. The lowest BCUT2D eigenvalue weighted by Crippen LogP contribution is -2.36. The fourth-order valence-electron chi connectivity index (χ4n) is 1.92. The van der Waals surface area contributed by atoms with E-state index in [-0.39, 0.29) is 0 Å². The predicted octanol–water partition coefficient (Wildman–Crippen LogP) is 2.94. The Kier molecular flexibility index (Phi) is 7.43. The highest BCUT2D eigenvalue weighted by Crippen LogP contribution is 2.18. The summed E-state index contributed by atoms with van der Waals surface area (Å²) in [6, 6.07) is 7.24. The molecular formula is C16H23NO3. The van der Waals surface area contributed by atoms with Crippen LogP contribution in [0.3, 0.4) is 0 Å². The third kappa shape index (κ3) is 5.45. The standard InChI is InChI=1S/C16H23NO3/c1-3-4-10-14(16(18)19)17-12-7-9-13-8-5-6-11-15(13)20-2/h5-9,11,14,17H,3-4,10,12H2,1-2H3,(H,18,19)/b9-7+. The minimum atomic E-state index is -0.788. The molecule has 0 bridgehead atoms. The first-order valence-corrected chi connectivity index (χ1v) is 6.94. The molecule has 0 saturated heterocycles. The quantitative estimate of drug-likeness (QED) is 0.728. The van der Waals surface area contributed by atoms with Crippen molar-refractivity contribution in [3.05, 3.63) is 35.9 Å². The Bertz CT molecular complexity index is 443. The molecule has 4 heteroatoms. The molecule has 0 aromatic heterocycles. The van der Waals surface area contributed by atoms with E-state index in [0.717, 1.165) is 24.2 Å². The number of methoxy groups -OCH3 is 1. The Morgan fingerprint density at radius 2 is 2.20 bits per heavy atom. The van der Waals surface area contributed by atoms with E-state index in [2.05, 4.69) is 12.2 Å². The molecule has 20 heavy (non-hydrogen) atoms. The Morgan fingerprint density at radius 1 is 1.45 bits per heavy atom. The van der Waals surface area contributed by atoms with Crippen molar-refractivity contribution in [1.82, 2.24) is 5.32 Å². The van der Waals surface area contributed by atoms with Gasteiger partial charge in [0.15, 0.2) is 0 Å². The number of carboxylic acid groups (broad SMARTS) is 1. The summed E-state index contributed by atoms with van der Waals surface area (Å²) in [5.41, 5.74) is 0.984. The lowest BCUT2D eigenvalue weighted by atomic mass is 10.1. The number of hydrogen-bond acceptors (Lipinski definition) is 3. The normalized spacial score (nSPS) is 12.5. The molecule has 1 unspecified atom stereocenters. The number of ether oxygens (including phenoxy) is 1. The molecule has 110 valence electrons. The molecule has 2 N–H and O–H groups in total. The van der Waals surface area contributed by atoms with Gasteiger partial charge < -0.3 is 15.2 Å². The van der Waals surface area contributed by atoms with Crippen LogP contribution in [0.4, 0.5) is 0 Å². The van der Waals surface area contributed by atoms with Crippen LogP contribution in [-0.4, -0.2) is 30.8 Å². The van der Waals surface area contributed by atoms with Crippen molar-refractivity contribution >= 4 is 12.0 Å². The van der Waals surface area contributed by atoms with E-state index in [9.17, 15) is 4.79 Å². The van der Waals surface area contributed by atoms with Gasteiger partial charge in [0.25, 0.3) is 0 Å². The van der Waals surface area contributed by atoms with E-state index in [1.54, 1.807) is 7.11 Å². The Labute approximate surface area is 120 Å². The van der Waals surface area contributed by atoms with Gasteiger partial charge >= 0.3 is 5.97 Å². The topological polar surface area (TPSA) is 58.6 Å². The van der Waals surface area contributed by atoms with Crippen LogP contribution in [-0.2, 0) is 4.79 Å². The van der Waals surface area contributed by atoms with E-state index >= 15 is 0 Å². The van der Waals surface area contributed by atoms with Crippen LogP contribution >= 0.6 is 0 Å². The first kappa shape index (κ1) is 16.2. The van der Waals surface area contributed by atoms with Crippen LogP contribution < -0.4 is 10.1 Å². The van der Waals surface area contributed by atoms with E-state index in [1.807, 2.05) is 36.4 Å². The predicted molar refractivity (Wildman–Crippen MR) is 81.0 cm³/mol. The Morgan fingerprint density at radius 3 is 2.85 bits per heavy atom. The van der Waals surface area contributed by atoms with E-state index in [1.165, 1.54) is 0 Å². The molecule has 0 aliphatic heterocycles. The summed E-state index contributed by atoms with van der Waals surface area (Å²) in [6.45, 7) is 2.58. The van der Waals surface area contributed by atoms with Crippen molar-refractivity contribution in [1.29, 1.82) is 0 Å². The molecule has 0 amide bonds. The van der Waals surface area contributed by atoms with Gasteiger partial charge in [0, 0.05) is 12.1 Å². The third-order valence-corrected chi connectivity index (χ3v) is 3.06. The molecule has 1 aromatic carbocycles. The highest BCUT2D eigenvalue weighted by molar-refractivity contribution is 5.73. The molecule has 0 spiro atoms. The summed E-state index contributed by atoms with van der Waals surface area (Å²) in [4.78, 5) is 11.1. The van der Waals surface area contributed by atoms with E-state index in [4.69, 9.17) is 9.84 Å².